The second-order valence-electron chi connectivity index (χ2n) is 4.81. The van der Waals surface area contributed by atoms with Gasteiger partial charge in [-0.15, -0.1) is 0 Å². The van der Waals surface area contributed by atoms with Crippen LogP contribution in [0.3, 0.4) is 0 Å². The van der Waals surface area contributed by atoms with Crippen LogP contribution < -0.4 is 0 Å². The zero-order valence-corrected chi connectivity index (χ0v) is 13.4. The Morgan fingerprint density at radius 1 is 1.20 bits per heavy atom. The van der Waals surface area contributed by atoms with Crippen LogP contribution in [0.4, 0.5) is 0 Å². The SMILES string of the molecule is CCC1CCN(S(=O)(=O)c2ccccc2S(=O)(=O)Cl)C1. The van der Waals surface area contributed by atoms with Crippen LogP contribution in [0.25, 0.3) is 0 Å². The fourth-order valence-electron chi connectivity index (χ4n) is 2.35. The Labute approximate surface area is 124 Å². The fourth-order valence-corrected chi connectivity index (χ4v) is 5.69. The van der Waals surface area contributed by atoms with E-state index in [4.69, 9.17) is 10.7 Å². The molecule has 0 amide bonds. The Morgan fingerprint density at radius 2 is 1.80 bits per heavy atom. The number of halogens is 1. The van der Waals surface area contributed by atoms with Gasteiger partial charge in [0.15, 0.2) is 0 Å². The molecule has 1 aliphatic rings. The van der Waals surface area contributed by atoms with Gasteiger partial charge in [0.2, 0.25) is 10.0 Å². The molecule has 5 nitrogen and oxygen atoms in total. The largest absolute Gasteiger partial charge is 0.262 e. The highest BCUT2D eigenvalue weighted by molar-refractivity contribution is 8.14. The van der Waals surface area contributed by atoms with Gasteiger partial charge in [-0.05, 0) is 24.5 Å². The molecule has 1 aromatic rings. The maximum Gasteiger partial charge on any atom is 0.262 e. The second kappa shape index (κ2) is 5.63. The van der Waals surface area contributed by atoms with Crippen LogP contribution in [-0.2, 0) is 19.1 Å². The van der Waals surface area contributed by atoms with Crippen LogP contribution in [0.1, 0.15) is 19.8 Å². The van der Waals surface area contributed by atoms with Crippen molar-refractivity contribution in [3.8, 4) is 0 Å². The first-order valence-corrected chi connectivity index (χ1v) is 10.1. The summed E-state index contributed by atoms with van der Waals surface area (Å²) >= 11 is 0. The summed E-state index contributed by atoms with van der Waals surface area (Å²) in [6.45, 7) is 2.85. The number of hydrogen-bond donors (Lipinski definition) is 0. The van der Waals surface area contributed by atoms with Gasteiger partial charge in [-0.3, -0.25) is 0 Å². The Balaban J connectivity index is 2.46. The summed E-state index contributed by atoms with van der Waals surface area (Å²) in [5.41, 5.74) is 0. The summed E-state index contributed by atoms with van der Waals surface area (Å²) in [5.74, 6) is 0.324. The van der Waals surface area contributed by atoms with E-state index in [2.05, 4.69) is 0 Å². The lowest BCUT2D eigenvalue weighted by Crippen LogP contribution is -2.29. The maximum atomic E-state index is 12.6. The van der Waals surface area contributed by atoms with E-state index in [0.717, 1.165) is 12.8 Å². The highest BCUT2D eigenvalue weighted by Crippen LogP contribution is 2.30. The molecule has 0 N–H and O–H groups in total. The number of benzene rings is 1. The van der Waals surface area contributed by atoms with E-state index < -0.39 is 19.1 Å². The zero-order valence-electron chi connectivity index (χ0n) is 11.0. The quantitative estimate of drug-likeness (QED) is 0.788. The molecule has 1 aliphatic heterocycles. The predicted molar refractivity (Wildman–Crippen MR) is 76.6 cm³/mol. The van der Waals surface area contributed by atoms with E-state index in [-0.39, 0.29) is 9.79 Å². The Morgan fingerprint density at radius 3 is 2.30 bits per heavy atom. The molecule has 1 heterocycles. The molecule has 20 heavy (non-hydrogen) atoms. The van der Waals surface area contributed by atoms with E-state index in [0.29, 0.717) is 19.0 Å². The summed E-state index contributed by atoms with van der Waals surface area (Å²) in [6, 6.07) is 5.44. The lowest BCUT2D eigenvalue weighted by atomic mass is 10.1. The van der Waals surface area contributed by atoms with Crippen molar-refractivity contribution in [1.29, 1.82) is 0 Å². The first-order chi connectivity index (χ1) is 9.26. The van der Waals surface area contributed by atoms with E-state index >= 15 is 0 Å². The van der Waals surface area contributed by atoms with Gasteiger partial charge >= 0.3 is 0 Å². The third-order valence-electron chi connectivity index (χ3n) is 3.56. The average Bonchev–Trinajstić information content (AvgIpc) is 2.87. The summed E-state index contributed by atoms with van der Waals surface area (Å²) in [7, 11) is -2.60. The molecule has 0 aromatic heterocycles. The highest BCUT2D eigenvalue weighted by Gasteiger charge is 2.34. The average molecular weight is 338 g/mol. The number of sulfonamides is 1. The van der Waals surface area contributed by atoms with Gasteiger partial charge < -0.3 is 0 Å². The van der Waals surface area contributed by atoms with Crippen molar-refractivity contribution >= 4 is 29.8 Å². The van der Waals surface area contributed by atoms with E-state index in [9.17, 15) is 16.8 Å². The topological polar surface area (TPSA) is 71.5 Å². The molecule has 1 aromatic carbocycles. The first-order valence-electron chi connectivity index (χ1n) is 6.30. The Bertz CT molecular complexity index is 700. The van der Waals surface area contributed by atoms with Gasteiger partial charge in [0.25, 0.3) is 9.05 Å². The molecule has 8 heteroatoms. The van der Waals surface area contributed by atoms with Crippen molar-refractivity contribution in [1.82, 2.24) is 4.31 Å². The molecule has 1 fully saturated rings. The van der Waals surface area contributed by atoms with E-state index in [1.54, 1.807) is 0 Å². The lowest BCUT2D eigenvalue weighted by Gasteiger charge is -2.17. The smallest absolute Gasteiger partial charge is 0.207 e. The third kappa shape index (κ3) is 3.00. The van der Waals surface area contributed by atoms with Gasteiger partial charge in [0.1, 0.15) is 9.79 Å². The Kier molecular flexibility index (Phi) is 4.44. The molecule has 112 valence electrons. The minimum atomic E-state index is -4.10. The molecule has 0 bridgehead atoms. The number of rotatable bonds is 4. The fraction of sp³-hybridized carbons (Fsp3) is 0.500. The molecule has 0 radical (unpaired) electrons. The van der Waals surface area contributed by atoms with Crippen molar-refractivity contribution in [2.75, 3.05) is 13.1 Å². The molecular formula is C12H16ClNO4S2. The van der Waals surface area contributed by atoms with E-state index in [1.165, 1.54) is 28.6 Å². The van der Waals surface area contributed by atoms with Crippen molar-refractivity contribution in [3.05, 3.63) is 24.3 Å². The zero-order chi connectivity index (χ0) is 15.0. The molecule has 1 unspecified atom stereocenters. The van der Waals surface area contributed by atoms with Crippen LogP contribution >= 0.6 is 10.7 Å². The minimum absolute atomic E-state index is 0.244. The van der Waals surface area contributed by atoms with Crippen molar-refractivity contribution < 1.29 is 16.8 Å². The van der Waals surface area contributed by atoms with Gasteiger partial charge in [0.05, 0.1) is 0 Å². The number of nitrogens with zero attached hydrogens (tertiary/aromatic N) is 1. The molecule has 0 aliphatic carbocycles. The second-order valence-corrected chi connectivity index (χ2v) is 9.25. The van der Waals surface area contributed by atoms with Crippen molar-refractivity contribution in [3.63, 3.8) is 0 Å². The number of hydrogen-bond acceptors (Lipinski definition) is 4. The van der Waals surface area contributed by atoms with Crippen LogP contribution in [0.5, 0.6) is 0 Å². The summed E-state index contributed by atoms with van der Waals surface area (Å²) in [4.78, 5) is -0.603. The molecular weight excluding hydrogens is 322 g/mol. The molecule has 0 saturated carbocycles. The first kappa shape index (κ1) is 15.8. The Hall–Kier alpha value is -0.630. The summed E-state index contributed by atoms with van der Waals surface area (Å²) in [6.07, 6.45) is 1.70. The third-order valence-corrected chi connectivity index (χ3v) is 6.99. The molecule has 0 spiro atoms. The molecule has 2 rings (SSSR count). The van der Waals surface area contributed by atoms with E-state index in [1.807, 2.05) is 6.92 Å². The summed E-state index contributed by atoms with van der Waals surface area (Å²) < 4.78 is 49.5. The van der Waals surface area contributed by atoms with Crippen molar-refractivity contribution in [2.45, 2.75) is 29.6 Å². The lowest BCUT2D eigenvalue weighted by molar-refractivity contribution is 0.451. The van der Waals surface area contributed by atoms with Crippen LogP contribution in [0.15, 0.2) is 34.1 Å². The van der Waals surface area contributed by atoms with Crippen LogP contribution in [-0.4, -0.2) is 34.2 Å². The van der Waals surface area contributed by atoms with Crippen molar-refractivity contribution in [2.24, 2.45) is 5.92 Å². The minimum Gasteiger partial charge on any atom is -0.207 e. The summed E-state index contributed by atoms with van der Waals surface area (Å²) in [5, 5.41) is 0. The normalized spacial score (nSPS) is 21.2. The van der Waals surface area contributed by atoms with Gasteiger partial charge in [-0.1, -0.05) is 25.5 Å². The standard InChI is InChI=1S/C12H16ClNO4S2/c1-2-10-7-8-14(9-10)20(17,18)12-6-4-3-5-11(12)19(13,15)16/h3-6,10H,2,7-9H2,1H3. The van der Waals surface area contributed by atoms with Gasteiger partial charge in [-0.25, -0.2) is 16.8 Å². The molecule has 1 saturated heterocycles. The van der Waals surface area contributed by atoms with Gasteiger partial charge in [0, 0.05) is 23.8 Å². The predicted octanol–water partition coefficient (Wildman–Crippen LogP) is 2.03. The van der Waals surface area contributed by atoms with Gasteiger partial charge in [-0.2, -0.15) is 4.31 Å². The van der Waals surface area contributed by atoms with Crippen LogP contribution in [0.2, 0.25) is 0 Å². The van der Waals surface area contributed by atoms with Crippen LogP contribution in [0, 0.1) is 5.92 Å². The monoisotopic (exact) mass is 337 g/mol. The maximum absolute atomic E-state index is 12.6. The highest BCUT2D eigenvalue weighted by atomic mass is 35.7. The molecule has 1 atom stereocenters.